The van der Waals surface area contributed by atoms with E-state index in [1.54, 1.807) is 0 Å². The lowest BCUT2D eigenvalue weighted by molar-refractivity contribution is 0.946. The van der Waals surface area contributed by atoms with E-state index in [1.165, 1.54) is 33.5 Å². The van der Waals surface area contributed by atoms with Crippen LogP contribution in [0.25, 0.3) is 0 Å². The maximum Gasteiger partial charge on any atom is 0.0479 e. The van der Waals surface area contributed by atoms with Gasteiger partial charge in [0.2, 0.25) is 0 Å². The van der Waals surface area contributed by atoms with Crippen LogP contribution in [0.1, 0.15) is 33.5 Å². The van der Waals surface area contributed by atoms with Crippen LogP contribution in [0.4, 0.5) is 0 Å². The highest BCUT2D eigenvalue weighted by molar-refractivity contribution is 5.40. The SMILES string of the molecule is Cc1ccc2c(c1)CCc1cc(C)cnc1C2. The molecular formula is C16H17N. The monoisotopic (exact) mass is 223 g/mol. The fraction of sp³-hybridized carbons (Fsp3) is 0.312. The summed E-state index contributed by atoms with van der Waals surface area (Å²) in [5, 5.41) is 0. The van der Waals surface area contributed by atoms with Crippen molar-refractivity contribution >= 4 is 0 Å². The Labute approximate surface area is 103 Å². The molecule has 1 heteroatoms. The van der Waals surface area contributed by atoms with Crippen LogP contribution < -0.4 is 0 Å². The number of aromatic nitrogens is 1. The quantitative estimate of drug-likeness (QED) is 0.667. The Morgan fingerprint density at radius 3 is 2.53 bits per heavy atom. The van der Waals surface area contributed by atoms with E-state index in [2.05, 4.69) is 43.1 Å². The number of pyridine rings is 1. The molecule has 1 aliphatic rings. The minimum absolute atomic E-state index is 0.991. The molecule has 0 unspecified atom stereocenters. The van der Waals surface area contributed by atoms with E-state index >= 15 is 0 Å². The zero-order valence-electron chi connectivity index (χ0n) is 10.5. The highest BCUT2D eigenvalue weighted by atomic mass is 14.7. The Kier molecular flexibility index (Phi) is 2.47. The van der Waals surface area contributed by atoms with Gasteiger partial charge >= 0.3 is 0 Å². The molecule has 1 aromatic heterocycles. The summed E-state index contributed by atoms with van der Waals surface area (Å²) < 4.78 is 0. The fourth-order valence-corrected chi connectivity index (χ4v) is 2.64. The number of rotatable bonds is 0. The van der Waals surface area contributed by atoms with Gasteiger partial charge < -0.3 is 0 Å². The Balaban J connectivity index is 2.07. The first-order valence-corrected chi connectivity index (χ1v) is 6.25. The molecule has 86 valence electrons. The summed E-state index contributed by atoms with van der Waals surface area (Å²) in [6.07, 6.45) is 5.25. The lowest BCUT2D eigenvalue weighted by Crippen LogP contribution is -1.97. The highest BCUT2D eigenvalue weighted by Gasteiger charge is 2.14. The Morgan fingerprint density at radius 2 is 1.65 bits per heavy atom. The van der Waals surface area contributed by atoms with Gasteiger partial charge in [-0.2, -0.15) is 0 Å². The molecule has 1 aromatic carbocycles. The second kappa shape index (κ2) is 3.99. The van der Waals surface area contributed by atoms with E-state index in [-0.39, 0.29) is 0 Å². The minimum atomic E-state index is 0.991. The van der Waals surface area contributed by atoms with E-state index in [9.17, 15) is 0 Å². The molecule has 0 radical (unpaired) electrons. The van der Waals surface area contributed by atoms with Crippen LogP contribution in [0.3, 0.4) is 0 Å². The zero-order valence-corrected chi connectivity index (χ0v) is 10.5. The normalized spacial score (nSPS) is 13.8. The van der Waals surface area contributed by atoms with Crippen molar-refractivity contribution in [1.29, 1.82) is 0 Å². The number of aryl methyl sites for hydroxylation is 4. The molecule has 1 heterocycles. The topological polar surface area (TPSA) is 12.9 Å². The lowest BCUT2D eigenvalue weighted by Gasteiger charge is -2.06. The minimum Gasteiger partial charge on any atom is -0.260 e. The van der Waals surface area contributed by atoms with Gasteiger partial charge in [0.05, 0.1) is 0 Å². The maximum atomic E-state index is 4.60. The van der Waals surface area contributed by atoms with E-state index in [1.807, 2.05) is 6.20 Å². The van der Waals surface area contributed by atoms with Crippen molar-refractivity contribution < 1.29 is 0 Å². The molecule has 0 aliphatic heterocycles. The molecule has 3 rings (SSSR count). The van der Waals surface area contributed by atoms with Crippen LogP contribution in [-0.2, 0) is 19.3 Å². The van der Waals surface area contributed by atoms with Crippen LogP contribution in [0.2, 0.25) is 0 Å². The van der Waals surface area contributed by atoms with Crippen LogP contribution in [0.5, 0.6) is 0 Å². The van der Waals surface area contributed by atoms with Crippen LogP contribution >= 0.6 is 0 Å². The van der Waals surface area contributed by atoms with Gasteiger partial charge in [-0.3, -0.25) is 4.98 Å². The van der Waals surface area contributed by atoms with Crippen molar-refractivity contribution in [3.8, 4) is 0 Å². The second-order valence-electron chi connectivity index (χ2n) is 5.07. The summed E-state index contributed by atoms with van der Waals surface area (Å²) in [6, 6.07) is 9.09. The number of hydrogen-bond acceptors (Lipinski definition) is 1. The summed E-state index contributed by atoms with van der Waals surface area (Å²) in [7, 11) is 0. The van der Waals surface area contributed by atoms with Gasteiger partial charge in [0.15, 0.2) is 0 Å². The molecule has 1 aliphatic carbocycles. The van der Waals surface area contributed by atoms with E-state index in [0.29, 0.717) is 0 Å². The number of nitrogens with zero attached hydrogens (tertiary/aromatic N) is 1. The first-order chi connectivity index (χ1) is 8.22. The first kappa shape index (κ1) is 10.5. The smallest absolute Gasteiger partial charge is 0.0479 e. The van der Waals surface area contributed by atoms with Gasteiger partial charge in [-0.05, 0) is 48.9 Å². The Morgan fingerprint density at radius 1 is 0.882 bits per heavy atom. The van der Waals surface area contributed by atoms with Crippen molar-refractivity contribution in [2.45, 2.75) is 33.1 Å². The Hall–Kier alpha value is -1.63. The molecule has 1 nitrogen and oxygen atoms in total. The van der Waals surface area contributed by atoms with E-state index in [0.717, 1.165) is 19.3 Å². The summed E-state index contributed by atoms with van der Waals surface area (Å²) in [4.78, 5) is 4.60. The second-order valence-corrected chi connectivity index (χ2v) is 5.07. The predicted molar refractivity (Wildman–Crippen MR) is 70.4 cm³/mol. The molecule has 0 fully saturated rings. The van der Waals surface area contributed by atoms with E-state index < -0.39 is 0 Å². The molecule has 17 heavy (non-hydrogen) atoms. The van der Waals surface area contributed by atoms with Gasteiger partial charge in [-0.1, -0.05) is 29.8 Å². The molecule has 0 atom stereocenters. The van der Waals surface area contributed by atoms with Gasteiger partial charge in [-0.25, -0.2) is 0 Å². The number of hydrogen-bond donors (Lipinski definition) is 0. The third kappa shape index (κ3) is 1.97. The summed E-state index contributed by atoms with van der Waals surface area (Å²) in [6.45, 7) is 4.29. The standard InChI is InChI=1S/C16H17N/c1-11-3-4-14-9-16-15(6-5-13(14)7-11)8-12(2)10-17-16/h3-4,7-8,10H,5-6,9H2,1-2H3. The molecular weight excluding hydrogens is 206 g/mol. The third-order valence-corrected chi connectivity index (χ3v) is 3.58. The first-order valence-electron chi connectivity index (χ1n) is 6.25. The van der Waals surface area contributed by atoms with Gasteiger partial charge in [0, 0.05) is 18.3 Å². The van der Waals surface area contributed by atoms with Crippen LogP contribution in [-0.4, -0.2) is 4.98 Å². The van der Waals surface area contributed by atoms with Crippen molar-refractivity contribution in [3.63, 3.8) is 0 Å². The molecule has 2 aromatic rings. The summed E-state index contributed by atoms with van der Waals surface area (Å²) in [5.41, 5.74) is 8.27. The Bertz CT molecular complexity index is 518. The van der Waals surface area contributed by atoms with Crippen LogP contribution in [0.15, 0.2) is 30.5 Å². The molecule has 0 spiro atoms. The fourth-order valence-electron chi connectivity index (χ4n) is 2.64. The zero-order chi connectivity index (χ0) is 11.8. The maximum absolute atomic E-state index is 4.60. The average Bonchev–Trinajstić information content (AvgIpc) is 2.48. The largest absolute Gasteiger partial charge is 0.260 e. The number of fused-ring (bicyclic) bond motifs is 2. The molecule has 0 saturated heterocycles. The summed E-state index contributed by atoms with van der Waals surface area (Å²) in [5.74, 6) is 0. The van der Waals surface area contributed by atoms with Gasteiger partial charge in [-0.15, -0.1) is 0 Å². The van der Waals surface area contributed by atoms with Crippen molar-refractivity contribution in [2.24, 2.45) is 0 Å². The van der Waals surface area contributed by atoms with Gasteiger partial charge in [0.25, 0.3) is 0 Å². The van der Waals surface area contributed by atoms with Crippen molar-refractivity contribution in [1.82, 2.24) is 4.98 Å². The van der Waals surface area contributed by atoms with Gasteiger partial charge in [0.1, 0.15) is 0 Å². The lowest BCUT2D eigenvalue weighted by atomic mass is 10.0. The third-order valence-electron chi connectivity index (χ3n) is 3.58. The molecule has 0 bridgehead atoms. The van der Waals surface area contributed by atoms with Crippen molar-refractivity contribution in [3.05, 3.63) is 64.0 Å². The number of benzene rings is 1. The predicted octanol–water partition coefficient (Wildman–Crippen LogP) is 3.39. The van der Waals surface area contributed by atoms with Crippen LogP contribution in [0, 0.1) is 13.8 Å². The molecule has 0 saturated carbocycles. The molecule has 0 amide bonds. The highest BCUT2D eigenvalue weighted by Crippen LogP contribution is 2.24. The molecule has 0 N–H and O–H groups in total. The average molecular weight is 223 g/mol. The van der Waals surface area contributed by atoms with Crippen molar-refractivity contribution in [2.75, 3.05) is 0 Å². The summed E-state index contributed by atoms with van der Waals surface area (Å²) >= 11 is 0. The van der Waals surface area contributed by atoms with E-state index in [4.69, 9.17) is 0 Å².